The lowest BCUT2D eigenvalue weighted by Crippen LogP contribution is -2.36. The van der Waals surface area contributed by atoms with Crippen molar-refractivity contribution in [3.8, 4) is 0 Å². The normalized spacial score (nSPS) is 38.4. The van der Waals surface area contributed by atoms with Crippen molar-refractivity contribution in [1.82, 2.24) is 10.2 Å². The number of hydrogen-bond donors (Lipinski definition) is 2. The van der Waals surface area contributed by atoms with Gasteiger partial charge in [-0.15, -0.1) is 0 Å². The number of β-amino-alcohol motifs (C(OH)–C–C–N with tert-alkyl or cyclic N) is 1. The maximum atomic E-state index is 10.8. The molecule has 2 aliphatic rings. The highest BCUT2D eigenvalue weighted by atomic mass is 16.6. The van der Waals surface area contributed by atoms with E-state index in [-0.39, 0.29) is 12.2 Å². The molecule has 0 bridgehead atoms. The standard InChI is InChI=1S/C9H16N2O3/c1-9(13)2-3-11(6-9)5-7-4-10-8(12)14-7/h7,13H,2-6H2,1H3,(H,10,12). The first-order chi connectivity index (χ1) is 6.55. The van der Waals surface area contributed by atoms with E-state index in [9.17, 15) is 9.90 Å². The molecule has 2 fully saturated rings. The zero-order chi connectivity index (χ0) is 10.2. The highest BCUT2D eigenvalue weighted by molar-refractivity contribution is 5.69. The number of nitrogens with one attached hydrogen (secondary N) is 1. The van der Waals surface area contributed by atoms with Gasteiger partial charge in [-0.05, 0) is 13.3 Å². The van der Waals surface area contributed by atoms with Crippen molar-refractivity contribution < 1.29 is 14.6 Å². The quantitative estimate of drug-likeness (QED) is 0.634. The Morgan fingerprint density at radius 2 is 2.57 bits per heavy atom. The molecule has 14 heavy (non-hydrogen) atoms. The van der Waals surface area contributed by atoms with E-state index in [0.29, 0.717) is 13.1 Å². The molecule has 0 radical (unpaired) electrons. The van der Waals surface area contributed by atoms with Crippen LogP contribution in [0.25, 0.3) is 0 Å². The molecule has 2 N–H and O–H groups in total. The molecular formula is C9H16N2O3. The van der Waals surface area contributed by atoms with Gasteiger partial charge >= 0.3 is 6.09 Å². The van der Waals surface area contributed by atoms with Crippen LogP contribution in [-0.4, -0.2) is 54.0 Å². The largest absolute Gasteiger partial charge is 0.443 e. The summed E-state index contributed by atoms with van der Waals surface area (Å²) in [6.07, 6.45) is 0.401. The maximum absolute atomic E-state index is 10.8. The Labute approximate surface area is 83.0 Å². The minimum absolute atomic E-state index is 0.0589. The fraction of sp³-hybridized carbons (Fsp3) is 0.889. The lowest BCUT2D eigenvalue weighted by molar-refractivity contribution is 0.0602. The molecule has 2 atom stereocenters. The van der Waals surface area contributed by atoms with Crippen molar-refractivity contribution >= 4 is 6.09 Å². The molecule has 2 unspecified atom stereocenters. The van der Waals surface area contributed by atoms with Gasteiger partial charge < -0.3 is 15.2 Å². The molecule has 5 heteroatoms. The van der Waals surface area contributed by atoms with E-state index >= 15 is 0 Å². The van der Waals surface area contributed by atoms with E-state index in [0.717, 1.165) is 19.5 Å². The number of amides is 1. The number of rotatable bonds is 2. The molecule has 2 saturated heterocycles. The third-order valence-corrected chi connectivity index (χ3v) is 2.74. The van der Waals surface area contributed by atoms with Crippen LogP contribution in [0.1, 0.15) is 13.3 Å². The van der Waals surface area contributed by atoms with Gasteiger partial charge in [0.05, 0.1) is 12.1 Å². The zero-order valence-electron chi connectivity index (χ0n) is 8.32. The molecule has 0 saturated carbocycles. The van der Waals surface area contributed by atoms with E-state index < -0.39 is 5.60 Å². The molecule has 2 rings (SSSR count). The molecule has 5 nitrogen and oxygen atoms in total. The van der Waals surface area contributed by atoms with Crippen molar-refractivity contribution in [2.24, 2.45) is 0 Å². The highest BCUT2D eigenvalue weighted by Crippen LogP contribution is 2.20. The smallest absolute Gasteiger partial charge is 0.407 e. The molecule has 1 amide bonds. The fourth-order valence-corrected chi connectivity index (χ4v) is 2.02. The van der Waals surface area contributed by atoms with Gasteiger partial charge in [0.1, 0.15) is 6.10 Å². The Balaban J connectivity index is 1.79. The number of ether oxygens (including phenoxy) is 1. The number of carbonyl (C=O) groups is 1. The Morgan fingerprint density at radius 3 is 3.07 bits per heavy atom. The van der Waals surface area contributed by atoms with Gasteiger partial charge in [0.15, 0.2) is 0 Å². The Morgan fingerprint density at radius 1 is 1.79 bits per heavy atom. The summed E-state index contributed by atoms with van der Waals surface area (Å²) in [6.45, 7) is 4.68. The van der Waals surface area contributed by atoms with Gasteiger partial charge in [0.25, 0.3) is 0 Å². The van der Waals surface area contributed by atoms with Crippen LogP contribution < -0.4 is 5.32 Å². The number of cyclic esters (lactones) is 1. The van der Waals surface area contributed by atoms with Gasteiger partial charge in [-0.1, -0.05) is 0 Å². The monoisotopic (exact) mass is 200 g/mol. The summed E-state index contributed by atoms with van der Waals surface area (Å²) in [4.78, 5) is 12.9. The van der Waals surface area contributed by atoms with Crippen LogP contribution in [0, 0.1) is 0 Å². The van der Waals surface area contributed by atoms with Gasteiger partial charge in [0.2, 0.25) is 0 Å². The van der Waals surface area contributed by atoms with Crippen LogP contribution >= 0.6 is 0 Å². The number of hydrogen-bond acceptors (Lipinski definition) is 4. The predicted octanol–water partition coefficient (Wildman–Crippen LogP) is -0.448. The molecule has 0 spiro atoms. The van der Waals surface area contributed by atoms with Gasteiger partial charge in [-0.25, -0.2) is 4.79 Å². The first-order valence-electron chi connectivity index (χ1n) is 4.94. The maximum Gasteiger partial charge on any atom is 0.407 e. The van der Waals surface area contributed by atoms with Crippen molar-refractivity contribution in [1.29, 1.82) is 0 Å². The average molecular weight is 200 g/mol. The van der Waals surface area contributed by atoms with Crippen molar-refractivity contribution in [2.45, 2.75) is 25.0 Å². The molecule has 0 aromatic carbocycles. The summed E-state index contributed by atoms with van der Waals surface area (Å²) in [7, 11) is 0. The van der Waals surface area contributed by atoms with Gasteiger partial charge in [0, 0.05) is 19.6 Å². The topological polar surface area (TPSA) is 61.8 Å². The second-order valence-electron chi connectivity index (χ2n) is 4.39. The fourth-order valence-electron chi connectivity index (χ4n) is 2.02. The van der Waals surface area contributed by atoms with E-state index in [4.69, 9.17) is 4.74 Å². The van der Waals surface area contributed by atoms with Crippen LogP contribution in [0.3, 0.4) is 0 Å². The van der Waals surface area contributed by atoms with E-state index in [2.05, 4.69) is 10.2 Å². The van der Waals surface area contributed by atoms with Crippen LogP contribution in [0.15, 0.2) is 0 Å². The molecule has 0 aromatic rings. The zero-order valence-corrected chi connectivity index (χ0v) is 8.32. The minimum Gasteiger partial charge on any atom is -0.443 e. The highest BCUT2D eigenvalue weighted by Gasteiger charge is 2.34. The van der Waals surface area contributed by atoms with E-state index in [1.54, 1.807) is 0 Å². The predicted molar refractivity (Wildman–Crippen MR) is 50.0 cm³/mol. The average Bonchev–Trinajstić information content (AvgIpc) is 2.59. The van der Waals surface area contributed by atoms with Crippen LogP contribution in [0.5, 0.6) is 0 Å². The van der Waals surface area contributed by atoms with Crippen LogP contribution in [0.4, 0.5) is 4.79 Å². The number of nitrogens with zero attached hydrogens (tertiary/aromatic N) is 1. The first-order valence-corrected chi connectivity index (χ1v) is 4.94. The SMILES string of the molecule is CC1(O)CCN(CC2CNC(=O)O2)C1. The third-order valence-electron chi connectivity index (χ3n) is 2.74. The molecule has 0 aliphatic carbocycles. The summed E-state index contributed by atoms with van der Waals surface area (Å²) >= 11 is 0. The summed E-state index contributed by atoms with van der Waals surface area (Å²) in [6, 6.07) is 0. The second-order valence-corrected chi connectivity index (χ2v) is 4.39. The number of likely N-dealkylation sites (tertiary alicyclic amines) is 1. The number of aliphatic hydroxyl groups is 1. The Kier molecular flexibility index (Phi) is 2.36. The second kappa shape index (κ2) is 3.40. The third kappa shape index (κ3) is 2.16. The molecule has 80 valence electrons. The Hall–Kier alpha value is -0.810. The summed E-state index contributed by atoms with van der Waals surface area (Å²) < 4.78 is 5.02. The molecular weight excluding hydrogens is 184 g/mol. The van der Waals surface area contributed by atoms with Crippen molar-refractivity contribution in [3.05, 3.63) is 0 Å². The summed E-state index contributed by atoms with van der Waals surface area (Å²) in [5, 5.41) is 12.3. The minimum atomic E-state index is -0.573. The van der Waals surface area contributed by atoms with Crippen molar-refractivity contribution in [2.75, 3.05) is 26.2 Å². The van der Waals surface area contributed by atoms with E-state index in [1.165, 1.54) is 0 Å². The lowest BCUT2D eigenvalue weighted by Gasteiger charge is -2.20. The van der Waals surface area contributed by atoms with Gasteiger partial charge in [-0.2, -0.15) is 0 Å². The molecule has 2 heterocycles. The van der Waals surface area contributed by atoms with Crippen LogP contribution in [0.2, 0.25) is 0 Å². The van der Waals surface area contributed by atoms with E-state index in [1.807, 2.05) is 6.92 Å². The lowest BCUT2D eigenvalue weighted by atomic mass is 10.1. The number of carbonyl (C=O) groups excluding carboxylic acids is 1. The summed E-state index contributed by atoms with van der Waals surface area (Å²) in [5.74, 6) is 0. The summed E-state index contributed by atoms with van der Waals surface area (Å²) in [5.41, 5.74) is -0.573. The number of alkyl carbamates (subject to hydrolysis) is 1. The van der Waals surface area contributed by atoms with Crippen LogP contribution in [-0.2, 0) is 4.74 Å². The van der Waals surface area contributed by atoms with Gasteiger partial charge in [-0.3, -0.25) is 4.90 Å². The first kappa shape index (κ1) is 9.73. The van der Waals surface area contributed by atoms with Crippen molar-refractivity contribution in [3.63, 3.8) is 0 Å². The Bertz CT molecular complexity index is 242. The molecule has 2 aliphatic heterocycles. The molecule has 0 aromatic heterocycles.